The summed E-state index contributed by atoms with van der Waals surface area (Å²) < 4.78 is 12.6. The van der Waals surface area contributed by atoms with E-state index in [0.717, 1.165) is 110 Å². The Morgan fingerprint density at radius 1 is 0.931 bits per heavy atom. The molecule has 2 aliphatic heterocycles. The number of amides is 1. The fraction of sp³-hybridized carbons (Fsp3) is 0.400. The number of nitrogens with zero attached hydrogens (tertiary/aromatic N) is 7. The lowest BCUT2D eigenvalue weighted by Crippen LogP contribution is -2.46. The van der Waals surface area contributed by atoms with Crippen LogP contribution in [0.3, 0.4) is 0 Å². The van der Waals surface area contributed by atoms with Gasteiger partial charge in [0.2, 0.25) is 0 Å². The number of anilines is 1. The molecular formula is C45H51Cl2N7O4. The lowest BCUT2D eigenvalue weighted by atomic mass is 9.98. The van der Waals surface area contributed by atoms with Crippen LogP contribution in [0.4, 0.5) is 5.82 Å². The van der Waals surface area contributed by atoms with E-state index in [4.69, 9.17) is 33.0 Å². The second-order valence-electron chi connectivity index (χ2n) is 16.2. The molecule has 1 atom stereocenters. The Labute approximate surface area is 349 Å². The van der Waals surface area contributed by atoms with Crippen molar-refractivity contribution in [2.24, 2.45) is 7.05 Å². The van der Waals surface area contributed by atoms with Crippen molar-refractivity contribution in [3.63, 3.8) is 0 Å². The third-order valence-corrected chi connectivity index (χ3v) is 13.1. The Hall–Kier alpha value is -4.81. The van der Waals surface area contributed by atoms with Crippen LogP contribution in [0.15, 0.2) is 48.5 Å². The predicted octanol–water partition coefficient (Wildman–Crippen LogP) is 8.72. The molecule has 3 aromatic heterocycles. The van der Waals surface area contributed by atoms with Gasteiger partial charge in [0, 0.05) is 97.0 Å². The number of halogens is 2. The van der Waals surface area contributed by atoms with Gasteiger partial charge in [0.1, 0.15) is 17.3 Å². The van der Waals surface area contributed by atoms with E-state index in [1.54, 1.807) is 12.1 Å². The molecule has 2 aliphatic rings. The van der Waals surface area contributed by atoms with Crippen molar-refractivity contribution < 1.29 is 19.4 Å². The highest BCUT2D eigenvalue weighted by Crippen LogP contribution is 2.45. The molecule has 0 radical (unpaired) electrons. The molecule has 0 saturated carbocycles. The average Bonchev–Trinajstić information content (AvgIpc) is 3.81. The van der Waals surface area contributed by atoms with Crippen molar-refractivity contribution in [2.45, 2.75) is 60.0 Å². The summed E-state index contributed by atoms with van der Waals surface area (Å²) in [6.45, 7) is 16.5. The molecule has 304 valence electrons. The van der Waals surface area contributed by atoms with Crippen molar-refractivity contribution in [2.75, 3.05) is 57.8 Å². The van der Waals surface area contributed by atoms with Crippen LogP contribution in [0.2, 0.25) is 10.0 Å². The zero-order chi connectivity index (χ0) is 41.2. The zero-order valence-electron chi connectivity index (χ0n) is 34.3. The van der Waals surface area contributed by atoms with Crippen molar-refractivity contribution in [3.05, 3.63) is 97.9 Å². The first-order chi connectivity index (χ1) is 27.7. The fourth-order valence-corrected chi connectivity index (χ4v) is 9.44. The number of ether oxygens (including phenoxy) is 1. The van der Waals surface area contributed by atoms with Gasteiger partial charge in [-0.1, -0.05) is 29.3 Å². The van der Waals surface area contributed by atoms with Gasteiger partial charge in [0.25, 0.3) is 5.91 Å². The number of hydrogen-bond donors (Lipinski definition) is 1. The number of carboxylic acid groups (broad SMARTS) is 1. The third kappa shape index (κ3) is 7.06. The topological polar surface area (TPSA) is 101 Å². The van der Waals surface area contributed by atoms with Gasteiger partial charge < -0.3 is 23.9 Å². The highest BCUT2D eigenvalue weighted by atomic mass is 35.5. The minimum absolute atomic E-state index is 0.0991. The van der Waals surface area contributed by atoms with Crippen LogP contribution in [0.5, 0.6) is 5.75 Å². The maximum absolute atomic E-state index is 15.4. The molecule has 13 heteroatoms. The highest BCUT2D eigenvalue weighted by molar-refractivity contribution is 6.35. The van der Waals surface area contributed by atoms with Crippen LogP contribution in [-0.4, -0.2) is 98.6 Å². The first kappa shape index (κ1) is 40.0. The Morgan fingerprint density at radius 3 is 2.33 bits per heavy atom. The zero-order valence-corrected chi connectivity index (χ0v) is 35.8. The first-order valence-electron chi connectivity index (χ1n) is 20.1. The quantitative estimate of drug-likeness (QED) is 0.131. The predicted molar refractivity (Wildman–Crippen MR) is 233 cm³/mol. The van der Waals surface area contributed by atoms with E-state index in [0.29, 0.717) is 43.3 Å². The highest BCUT2D eigenvalue weighted by Gasteiger charge is 2.38. The van der Waals surface area contributed by atoms with E-state index in [1.165, 1.54) is 0 Å². The number of rotatable bonds is 11. The number of piperazine rings is 1. The van der Waals surface area contributed by atoms with Crippen molar-refractivity contribution in [3.8, 4) is 16.9 Å². The van der Waals surface area contributed by atoms with E-state index in [1.807, 2.05) is 67.7 Å². The van der Waals surface area contributed by atoms with Crippen molar-refractivity contribution in [1.82, 2.24) is 28.7 Å². The summed E-state index contributed by atoms with van der Waals surface area (Å²) in [7, 11) is 4.09. The largest absolute Gasteiger partial charge is 0.494 e. The monoisotopic (exact) mass is 823 g/mol. The van der Waals surface area contributed by atoms with Gasteiger partial charge >= 0.3 is 5.97 Å². The molecule has 6 aromatic rings. The molecule has 1 N–H and O–H groups in total. The van der Waals surface area contributed by atoms with Crippen LogP contribution in [-0.2, 0) is 20.0 Å². The first-order valence-corrected chi connectivity index (χ1v) is 20.8. The van der Waals surface area contributed by atoms with Gasteiger partial charge in [-0.25, -0.2) is 4.79 Å². The van der Waals surface area contributed by atoms with E-state index in [-0.39, 0.29) is 17.5 Å². The van der Waals surface area contributed by atoms with Crippen LogP contribution in [0, 0.1) is 27.7 Å². The summed E-state index contributed by atoms with van der Waals surface area (Å²) >= 11 is 13.6. The molecule has 11 nitrogen and oxygen atoms in total. The van der Waals surface area contributed by atoms with E-state index < -0.39 is 5.97 Å². The van der Waals surface area contributed by atoms with E-state index in [2.05, 4.69) is 45.9 Å². The molecule has 58 heavy (non-hydrogen) atoms. The van der Waals surface area contributed by atoms with E-state index in [9.17, 15) is 9.90 Å². The van der Waals surface area contributed by atoms with Crippen LogP contribution >= 0.6 is 23.2 Å². The molecule has 1 fully saturated rings. The number of fused-ring (bicyclic) bond motifs is 4. The van der Waals surface area contributed by atoms with Crippen molar-refractivity contribution in [1.29, 1.82) is 0 Å². The number of aromatic nitrogens is 4. The molecule has 0 bridgehead atoms. The molecule has 0 unspecified atom stereocenters. The Balaban J connectivity index is 1.24. The average molecular weight is 825 g/mol. The summed E-state index contributed by atoms with van der Waals surface area (Å²) in [4.78, 5) is 34.2. The standard InChI is InChI=1S/C45H51Cl2N7O4/c1-26-21-33(22-27(2)41(26)47)58-20-8-9-34-35-11-12-36(46)40(39-29(4)48-50(7)30(39)5)42(35)54-28(3)25-53(44(55)43(34)54)38-24-32-23-31(45(56)57)10-13-37(32)52(38)19-18-51-16-14-49(6)15-17-51/h10-13,21-24,28H,8-9,14-20,25H2,1-7H3,(H,56,57)/t28-/m1/s1. The molecule has 0 spiro atoms. The SMILES string of the molecule is Cc1cc(OCCCc2c3n(c4c(-c5c(C)nn(C)c5C)c(Cl)ccc24)[C@H](C)CN(c2cc4cc(C(=O)O)ccc4n2CCN2CCN(C)CC2)C3=O)cc(C)c1Cl. The molecule has 1 amide bonds. The smallest absolute Gasteiger partial charge is 0.335 e. The fourth-order valence-electron chi connectivity index (χ4n) is 9.09. The normalized spacial score (nSPS) is 16.5. The second kappa shape index (κ2) is 15.7. The number of likely N-dealkylation sites (N-methyl/N-ethyl adjacent to an activating group) is 1. The summed E-state index contributed by atoms with van der Waals surface area (Å²) in [5.74, 6) is 0.452. The van der Waals surface area contributed by atoms with Gasteiger partial charge in [-0.2, -0.15) is 5.10 Å². The molecule has 3 aromatic carbocycles. The number of benzene rings is 3. The Bertz CT molecular complexity index is 2570. The minimum atomic E-state index is -0.982. The maximum Gasteiger partial charge on any atom is 0.335 e. The molecule has 8 rings (SSSR count). The molecule has 0 aliphatic carbocycles. The Kier molecular flexibility index (Phi) is 10.9. The number of carboxylic acids is 1. The van der Waals surface area contributed by atoms with Gasteiger partial charge in [-0.15, -0.1) is 0 Å². The summed E-state index contributed by atoms with van der Waals surface area (Å²) in [5.41, 5.74) is 9.30. The Morgan fingerprint density at radius 2 is 1.66 bits per heavy atom. The lowest BCUT2D eigenvalue weighted by Gasteiger charge is -2.35. The lowest BCUT2D eigenvalue weighted by molar-refractivity contribution is 0.0696. The van der Waals surface area contributed by atoms with Gasteiger partial charge in [0.05, 0.1) is 28.4 Å². The number of aromatic carboxylic acids is 1. The van der Waals surface area contributed by atoms with Crippen LogP contribution in [0.25, 0.3) is 32.9 Å². The van der Waals surface area contributed by atoms with Gasteiger partial charge in [-0.3, -0.25) is 19.3 Å². The van der Waals surface area contributed by atoms with Crippen LogP contribution < -0.4 is 9.64 Å². The summed E-state index contributed by atoms with van der Waals surface area (Å²) in [6.07, 6.45) is 1.26. The third-order valence-electron chi connectivity index (χ3n) is 12.2. The van der Waals surface area contributed by atoms with Gasteiger partial charge in [-0.05, 0) is 114 Å². The van der Waals surface area contributed by atoms with Crippen LogP contribution in [0.1, 0.15) is 68.3 Å². The second-order valence-corrected chi connectivity index (χ2v) is 16.9. The maximum atomic E-state index is 15.4. The number of carbonyl (C=O) groups is 2. The number of aryl methyl sites for hydroxylation is 5. The minimum Gasteiger partial charge on any atom is -0.494 e. The molecule has 5 heterocycles. The van der Waals surface area contributed by atoms with E-state index >= 15 is 4.79 Å². The summed E-state index contributed by atoms with van der Waals surface area (Å²) in [5, 5.41) is 17.8. The van der Waals surface area contributed by atoms with Crippen molar-refractivity contribution >= 4 is 62.7 Å². The number of hydrogen-bond acceptors (Lipinski definition) is 6. The number of carbonyl (C=O) groups excluding carboxylic acids is 1. The molecular weight excluding hydrogens is 773 g/mol. The molecule has 1 saturated heterocycles. The van der Waals surface area contributed by atoms with Gasteiger partial charge in [0.15, 0.2) is 0 Å². The summed E-state index contributed by atoms with van der Waals surface area (Å²) in [6, 6.07) is 15.0.